The first kappa shape index (κ1) is 11.1. The summed E-state index contributed by atoms with van der Waals surface area (Å²) in [5.74, 6) is -0.528. The van der Waals surface area contributed by atoms with Gasteiger partial charge in [0.05, 0.1) is 7.11 Å². The molecular formula is C8H10BrNO2. The molecule has 0 unspecified atom stereocenters. The Labute approximate surface area is 80.0 Å². The Bertz CT molecular complexity index is 256. The molecule has 0 aromatic heterocycles. The molecule has 4 heteroatoms. The minimum atomic E-state index is -0.528. The lowest BCUT2D eigenvalue weighted by Crippen LogP contribution is -2.15. The second-order valence-electron chi connectivity index (χ2n) is 2.09. The molecule has 0 aliphatic heterocycles. The Hall–Kier alpha value is -0.900. The second kappa shape index (κ2) is 4.87. The molecule has 0 fully saturated rings. The van der Waals surface area contributed by atoms with Crippen LogP contribution in [0.4, 0.5) is 0 Å². The summed E-state index contributed by atoms with van der Waals surface area (Å²) in [4.78, 5) is 14.9. The lowest BCUT2D eigenvalue weighted by atomic mass is 10.3. The summed E-state index contributed by atoms with van der Waals surface area (Å²) in [6.45, 7) is 8.74. The van der Waals surface area contributed by atoms with Gasteiger partial charge in [-0.2, -0.15) is 0 Å². The van der Waals surface area contributed by atoms with Gasteiger partial charge in [0.25, 0.3) is 0 Å². The third-order valence-electron chi connectivity index (χ3n) is 0.938. The Morgan fingerprint density at radius 3 is 2.25 bits per heavy atom. The van der Waals surface area contributed by atoms with E-state index in [1.165, 1.54) is 7.11 Å². The Balaban J connectivity index is 4.79. The first-order valence-electron chi connectivity index (χ1n) is 3.16. The molecule has 0 aromatic rings. The second-order valence-corrected chi connectivity index (χ2v) is 3.05. The predicted molar refractivity (Wildman–Crippen MR) is 52.3 cm³/mol. The fraction of sp³-hybridized carbons (Fsp3) is 0.250. The highest BCUT2D eigenvalue weighted by Crippen LogP contribution is 2.08. The number of halogens is 1. The van der Waals surface area contributed by atoms with Crippen LogP contribution in [0.5, 0.6) is 0 Å². The molecule has 0 aliphatic rings. The molecule has 12 heavy (non-hydrogen) atoms. The monoisotopic (exact) mass is 231 g/mol. The zero-order valence-corrected chi connectivity index (χ0v) is 8.64. The fourth-order valence-corrected chi connectivity index (χ4v) is 0.755. The van der Waals surface area contributed by atoms with Crippen LogP contribution >= 0.6 is 15.9 Å². The summed E-state index contributed by atoms with van der Waals surface area (Å²) in [6.07, 6.45) is 0. The highest BCUT2D eigenvalue weighted by Gasteiger charge is 2.12. The normalized spacial score (nSPS) is 10.8. The summed E-state index contributed by atoms with van der Waals surface area (Å²) >= 11 is 3.04. The standard InChI is InChI=1S/C8H10BrNO2/c1-5(2)10-7(6(3)9)8(11)12-4/h1,3H2,2,4H3. The maximum Gasteiger partial charge on any atom is 0.357 e. The molecule has 0 aromatic carbocycles. The van der Waals surface area contributed by atoms with Crippen molar-refractivity contribution >= 4 is 27.6 Å². The summed E-state index contributed by atoms with van der Waals surface area (Å²) in [6, 6.07) is 0. The van der Waals surface area contributed by atoms with E-state index in [4.69, 9.17) is 0 Å². The zero-order valence-electron chi connectivity index (χ0n) is 7.06. The molecule has 3 nitrogen and oxygen atoms in total. The molecule has 0 saturated carbocycles. The average Bonchev–Trinajstić information content (AvgIpc) is 1.98. The molecule has 0 aliphatic carbocycles. The van der Waals surface area contributed by atoms with Crippen LogP contribution in [-0.2, 0) is 9.53 Å². The van der Waals surface area contributed by atoms with Crippen LogP contribution in [0.3, 0.4) is 0 Å². The summed E-state index contributed by atoms with van der Waals surface area (Å²) in [5.41, 5.74) is 0.668. The van der Waals surface area contributed by atoms with E-state index in [1.807, 2.05) is 0 Å². The van der Waals surface area contributed by atoms with Crippen molar-refractivity contribution in [1.29, 1.82) is 0 Å². The number of carbonyl (C=O) groups excluding carboxylic acids is 1. The lowest BCUT2D eigenvalue weighted by Gasteiger charge is -2.01. The van der Waals surface area contributed by atoms with Crippen molar-refractivity contribution in [3.05, 3.63) is 23.3 Å². The van der Waals surface area contributed by atoms with Crippen molar-refractivity contribution in [2.75, 3.05) is 7.11 Å². The van der Waals surface area contributed by atoms with E-state index in [-0.39, 0.29) is 5.71 Å². The Morgan fingerprint density at radius 1 is 1.50 bits per heavy atom. The number of carbonyl (C=O) groups is 1. The number of hydrogen-bond donors (Lipinski definition) is 0. The number of hydrogen-bond acceptors (Lipinski definition) is 3. The topological polar surface area (TPSA) is 38.7 Å². The van der Waals surface area contributed by atoms with E-state index < -0.39 is 5.97 Å². The van der Waals surface area contributed by atoms with Gasteiger partial charge in [-0.3, -0.25) is 0 Å². The van der Waals surface area contributed by atoms with Crippen molar-refractivity contribution in [3.8, 4) is 0 Å². The van der Waals surface area contributed by atoms with Crippen LogP contribution in [0.2, 0.25) is 0 Å². The van der Waals surface area contributed by atoms with E-state index >= 15 is 0 Å². The predicted octanol–water partition coefficient (Wildman–Crippen LogP) is 2.04. The number of rotatable bonds is 3. The Kier molecular flexibility index (Phi) is 4.51. The first-order chi connectivity index (χ1) is 5.49. The van der Waals surface area contributed by atoms with Crippen LogP contribution < -0.4 is 0 Å². The van der Waals surface area contributed by atoms with Gasteiger partial charge in [0.2, 0.25) is 0 Å². The van der Waals surface area contributed by atoms with Crippen LogP contribution in [0.1, 0.15) is 6.92 Å². The zero-order chi connectivity index (χ0) is 9.72. The van der Waals surface area contributed by atoms with Crippen molar-refractivity contribution in [2.24, 2.45) is 4.99 Å². The summed E-state index contributed by atoms with van der Waals surface area (Å²) in [7, 11) is 1.28. The van der Waals surface area contributed by atoms with Gasteiger partial charge in [-0.15, -0.1) is 0 Å². The maximum atomic E-state index is 11.0. The van der Waals surface area contributed by atoms with Gasteiger partial charge in [-0.1, -0.05) is 13.2 Å². The van der Waals surface area contributed by atoms with E-state index in [1.54, 1.807) is 6.92 Å². The van der Waals surface area contributed by atoms with Gasteiger partial charge in [-0.25, -0.2) is 9.79 Å². The summed E-state index contributed by atoms with van der Waals surface area (Å²) in [5, 5.41) is 0. The van der Waals surface area contributed by atoms with E-state index in [0.717, 1.165) is 0 Å². The van der Waals surface area contributed by atoms with Crippen LogP contribution in [0, 0.1) is 0 Å². The van der Waals surface area contributed by atoms with Crippen LogP contribution in [-0.4, -0.2) is 18.8 Å². The quantitative estimate of drug-likeness (QED) is 0.551. The molecule has 0 spiro atoms. The van der Waals surface area contributed by atoms with E-state index in [9.17, 15) is 4.79 Å². The molecule has 0 rings (SSSR count). The molecular weight excluding hydrogens is 222 g/mol. The summed E-state index contributed by atoms with van der Waals surface area (Å²) < 4.78 is 4.86. The fourth-order valence-electron chi connectivity index (χ4n) is 0.505. The minimum absolute atomic E-state index is 0.144. The van der Waals surface area contributed by atoms with Gasteiger partial charge in [0.1, 0.15) is 0 Å². The third-order valence-corrected chi connectivity index (χ3v) is 1.31. The van der Waals surface area contributed by atoms with Crippen LogP contribution in [0.15, 0.2) is 28.3 Å². The third kappa shape index (κ3) is 3.48. The molecule has 0 heterocycles. The first-order valence-corrected chi connectivity index (χ1v) is 3.95. The van der Waals surface area contributed by atoms with Crippen molar-refractivity contribution in [1.82, 2.24) is 0 Å². The number of allylic oxidation sites excluding steroid dienone is 1. The minimum Gasteiger partial charge on any atom is -0.464 e. The lowest BCUT2D eigenvalue weighted by molar-refractivity contribution is -0.132. The van der Waals surface area contributed by atoms with E-state index in [2.05, 4.69) is 38.8 Å². The maximum absolute atomic E-state index is 11.0. The van der Waals surface area contributed by atoms with Crippen LogP contribution in [0.25, 0.3) is 0 Å². The van der Waals surface area contributed by atoms with Gasteiger partial charge >= 0.3 is 5.97 Å². The number of esters is 1. The van der Waals surface area contributed by atoms with Crippen molar-refractivity contribution in [3.63, 3.8) is 0 Å². The molecule has 0 saturated heterocycles. The van der Waals surface area contributed by atoms with Crippen molar-refractivity contribution < 1.29 is 9.53 Å². The molecule has 0 atom stereocenters. The van der Waals surface area contributed by atoms with Gasteiger partial charge < -0.3 is 4.74 Å². The van der Waals surface area contributed by atoms with Gasteiger partial charge in [0, 0.05) is 10.2 Å². The van der Waals surface area contributed by atoms with E-state index in [0.29, 0.717) is 10.2 Å². The van der Waals surface area contributed by atoms with Gasteiger partial charge in [0.15, 0.2) is 5.71 Å². The molecule has 0 bridgehead atoms. The SMILES string of the molecule is C=C(C)N=C(C(=C)Br)C(=O)OC. The molecule has 66 valence electrons. The average molecular weight is 232 g/mol. The number of methoxy groups -OCH3 is 1. The van der Waals surface area contributed by atoms with Crippen molar-refractivity contribution in [2.45, 2.75) is 6.92 Å². The van der Waals surface area contributed by atoms with Gasteiger partial charge in [-0.05, 0) is 22.9 Å². The molecule has 0 N–H and O–H groups in total. The number of nitrogens with zero attached hydrogens (tertiary/aromatic N) is 1. The molecule has 0 amide bonds. The number of aliphatic imine (C=N–C) groups is 1. The Morgan fingerprint density at radius 2 is 2.00 bits per heavy atom. The highest BCUT2D eigenvalue weighted by atomic mass is 79.9. The largest absolute Gasteiger partial charge is 0.464 e. The molecule has 0 radical (unpaired) electrons. The highest BCUT2D eigenvalue weighted by molar-refractivity contribution is 9.12. The smallest absolute Gasteiger partial charge is 0.357 e. The number of ether oxygens (including phenoxy) is 1.